The Balaban J connectivity index is 1.47. The maximum absolute atomic E-state index is 3.66. The monoisotopic (exact) mass is 304 g/mol. The van der Waals surface area contributed by atoms with Crippen molar-refractivity contribution in [2.75, 3.05) is 13.1 Å². The number of hydrogen-bond donors (Lipinski definition) is 1. The van der Waals surface area contributed by atoms with E-state index >= 15 is 0 Å². The van der Waals surface area contributed by atoms with E-state index in [1.54, 1.807) is 0 Å². The Morgan fingerprint density at radius 3 is 2.83 bits per heavy atom. The van der Waals surface area contributed by atoms with Gasteiger partial charge in [0.25, 0.3) is 0 Å². The molecule has 23 heavy (non-hydrogen) atoms. The van der Waals surface area contributed by atoms with Crippen LogP contribution >= 0.6 is 0 Å². The Bertz CT molecular complexity index is 718. The number of nitrogens with zero attached hydrogens (tertiary/aromatic N) is 1. The number of rotatable bonds is 3. The number of hydrogen-bond acceptors (Lipinski definition) is 2. The average Bonchev–Trinajstić information content (AvgIpc) is 3.04. The molecular weight excluding hydrogens is 280 g/mol. The van der Waals surface area contributed by atoms with Crippen LogP contribution in [0.4, 0.5) is 0 Å². The lowest BCUT2D eigenvalue weighted by molar-refractivity contribution is 0.321. The number of likely N-dealkylation sites (tertiary alicyclic amines) is 1. The molecule has 2 nitrogen and oxygen atoms in total. The molecule has 0 saturated carbocycles. The standard InChI is InChI=1S/C21H24N2/c1-16-6-5-9-18-13-22-21(12-20(16)18)19-10-11-23(15-19)14-17-7-3-2-4-8-17/h2-9,12,19,22H,10-11,13-15H2,1H3. The fourth-order valence-corrected chi connectivity index (χ4v) is 3.84. The average molecular weight is 304 g/mol. The molecule has 0 amide bonds. The summed E-state index contributed by atoms with van der Waals surface area (Å²) in [5.41, 5.74) is 7.10. The van der Waals surface area contributed by atoms with Crippen LogP contribution < -0.4 is 5.32 Å². The van der Waals surface area contributed by atoms with E-state index in [2.05, 4.69) is 71.7 Å². The molecule has 2 heteroatoms. The van der Waals surface area contributed by atoms with Gasteiger partial charge in [0.1, 0.15) is 0 Å². The van der Waals surface area contributed by atoms with Crippen molar-refractivity contribution in [3.8, 4) is 0 Å². The van der Waals surface area contributed by atoms with Crippen LogP contribution in [0.1, 0.15) is 28.7 Å². The van der Waals surface area contributed by atoms with Gasteiger partial charge in [0, 0.05) is 31.2 Å². The highest BCUT2D eigenvalue weighted by molar-refractivity contribution is 5.62. The summed E-state index contributed by atoms with van der Waals surface area (Å²) in [6.45, 7) is 6.61. The molecule has 1 fully saturated rings. The maximum Gasteiger partial charge on any atom is 0.0403 e. The lowest BCUT2D eigenvalue weighted by Gasteiger charge is -2.24. The van der Waals surface area contributed by atoms with Gasteiger partial charge in [-0.2, -0.15) is 0 Å². The third-order valence-corrected chi connectivity index (χ3v) is 5.16. The first kappa shape index (κ1) is 14.5. The van der Waals surface area contributed by atoms with Gasteiger partial charge in [0.05, 0.1) is 0 Å². The number of fused-ring (bicyclic) bond motifs is 1. The number of benzene rings is 2. The smallest absolute Gasteiger partial charge is 0.0403 e. The highest BCUT2D eigenvalue weighted by atomic mass is 15.1. The van der Waals surface area contributed by atoms with Gasteiger partial charge in [-0.3, -0.25) is 4.90 Å². The zero-order valence-corrected chi connectivity index (χ0v) is 13.8. The Kier molecular flexibility index (Phi) is 3.92. The summed E-state index contributed by atoms with van der Waals surface area (Å²) in [4.78, 5) is 2.58. The molecular formula is C21H24N2. The molecule has 0 bridgehead atoms. The molecule has 1 saturated heterocycles. The van der Waals surface area contributed by atoms with Crippen molar-refractivity contribution in [1.82, 2.24) is 10.2 Å². The van der Waals surface area contributed by atoms with Crippen LogP contribution in [-0.4, -0.2) is 18.0 Å². The van der Waals surface area contributed by atoms with Gasteiger partial charge >= 0.3 is 0 Å². The third kappa shape index (κ3) is 3.04. The number of aryl methyl sites for hydroxylation is 1. The van der Waals surface area contributed by atoms with Crippen molar-refractivity contribution in [2.24, 2.45) is 5.92 Å². The van der Waals surface area contributed by atoms with Crippen molar-refractivity contribution in [3.63, 3.8) is 0 Å². The quantitative estimate of drug-likeness (QED) is 0.923. The summed E-state index contributed by atoms with van der Waals surface area (Å²) < 4.78 is 0. The SMILES string of the molecule is Cc1cccc2c1C=C(C1CCN(Cc3ccccc3)C1)NC2. The maximum atomic E-state index is 3.66. The molecule has 1 N–H and O–H groups in total. The van der Waals surface area contributed by atoms with Crippen molar-refractivity contribution < 1.29 is 0 Å². The van der Waals surface area contributed by atoms with Gasteiger partial charge in [-0.05, 0) is 48.2 Å². The van der Waals surface area contributed by atoms with E-state index < -0.39 is 0 Å². The van der Waals surface area contributed by atoms with Crippen LogP contribution in [0.15, 0.2) is 54.2 Å². The van der Waals surface area contributed by atoms with Gasteiger partial charge in [0.15, 0.2) is 0 Å². The Morgan fingerprint density at radius 2 is 1.96 bits per heavy atom. The molecule has 1 unspecified atom stereocenters. The van der Waals surface area contributed by atoms with Gasteiger partial charge in [-0.25, -0.2) is 0 Å². The fraction of sp³-hybridized carbons (Fsp3) is 0.333. The molecule has 0 aliphatic carbocycles. The van der Waals surface area contributed by atoms with Gasteiger partial charge in [-0.15, -0.1) is 0 Å². The van der Waals surface area contributed by atoms with Crippen molar-refractivity contribution >= 4 is 6.08 Å². The Morgan fingerprint density at radius 1 is 1.09 bits per heavy atom. The van der Waals surface area contributed by atoms with E-state index in [1.165, 1.54) is 40.9 Å². The van der Waals surface area contributed by atoms with Crippen LogP contribution in [0.5, 0.6) is 0 Å². The molecule has 2 aliphatic rings. The zero-order chi connectivity index (χ0) is 15.6. The first-order valence-electron chi connectivity index (χ1n) is 8.60. The third-order valence-electron chi connectivity index (χ3n) is 5.16. The van der Waals surface area contributed by atoms with E-state index in [-0.39, 0.29) is 0 Å². The van der Waals surface area contributed by atoms with Crippen molar-refractivity contribution in [2.45, 2.75) is 26.4 Å². The summed E-state index contributed by atoms with van der Waals surface area (Å²) in [6.07, 6.45) is 3.65. The van der Waals surface area contributed by atoms with Gasteiger partial charge in [-0.1, -0.05) is 48.5 Å². The fourth-order valence-electron chi connectivity index (χ4n) is 3.84. The van der Waals surface area contributed by atoms with Gasteiger partial charge in [0.2, 0.25) is 0 Å². The Labute approximate surface area is 138 Å². The summed E-state index contributed by atoms with van der Waals surface area (Å²) in [5, 5.41) is 3.66. The molecule has 0 spiro atoms. The van der Waals surface area contributed by atoms with E-state index in [0.29, 0.717) is 5.92 Å². The molecule has 2 aliphatic heterocycles. The lowest BCUT2D eigenvalue weighted by Crippen LogP contribution is -2.26. The predicted octanol–water partition coefficient (Wildman–Crippen LogP) is 3.96. The first-order valence-corrected chi connectivity index (χ1v) is 8.60. The molecule has 0 radical (unpaired) electrons. The normalized spacial score (nSPS) is 20.7. The molecule has 0 aromatic heterocycles. The second kappa shape index (κ2) is 6.21. The van der Waals surface area contributed by atoms with Crippen LogP contribution in [0.25, 0.3) is 6.08 Å². The minimum absolute atomic E-state index is 0.645. The van der Waals surface area contributed by atoms with E-state index in [4.69, 9.17) is 0 Å². The summed E-state index contributed by atoms with van der Waals surface area (Å²) >= 11 is 0. The van der Waals surface area contributed by atoms with E-state index in [1.807, 2.05) is 0 Å². The van der Waals surface area contributed by atoms with Crippen LogP contribution in [0.3, 0.4) is 0 Å². The topological polar surface area (TPSA) is 15.3 Å². The molecule has 2 heterocycles. The van der Waals surface area contributed by atoms with Crippen LogP contribution in [0.2, 0.25) is 0 Å². The minimum atomic E-state index is 0.645. The molecule has 2 aromatic rings. The predicted molar refractivity (Wildman–Crippen MR) is 95.8 cm³/mol. The largest absolute Gasteiger partial charge is 0.384 e. The van der Waals surface area contributed by atoms with Crippen molar-refractivity contribution in [1.29, 1.82) is 0 Å². The molecule has 2 aromatic carbocycles. The summed E-state index contributed by atoms with van der Waals surface area (Å²) in [7, 11) is 0. The van der Waals surface area contributed by atoms with E-state index in [9.17, 15) is 0 Å². The lowest BCUT2D eigenvalue weighted by atomic mass is 9.93. The number of nitrogens with one attached hydrogen (secondary N) is 1. The summed E-state index contributed by atoms with van der Waals surface area (Å²) in [5.74, 6) is 0.645. The zero-order valence-electron chi connectivity index (χ0n) is 13.8. The van der Waals surface area contributed by atoms with Crippen LogP contribution in [-0.2, 0) is 13.1 Å². The van der Waals surface area contributed by atoms with E-state index in [0.717, 1.165) is 19.6 Å². The highest BCUT2D eigenvalue weighted by Crippen LogP contribution is 2.29. The molecule has 4 rings (SSSR count). The second-order valence-corrected chi connectivity index (χ2v) is 6.81. The highest BCUT2D eigenvalue weighted by Gasteiger charge is 2.27. The van der Waals surface area contributed by atoms with Crippen molar-refractivity contribution in [3.05, 3.63) is 76.5 Å². The summed E-state index contributed by atoms with van der Waals surface area (Å²) in [6, 6.07) is 17.4. The first-order chi connectivity index (χ1) is 11.3. The minimum Gasteiger partial charge on any atom is -0.384 e. The molecule has 1 atom stereocenters. The Hall–Kier alpha value is -2.06. The molecule has 118 valence electrons. The van der Waals surface area contributed by atoms with Gasteiger partial charge < -0.3 is 5.32 Å². The van der Waals surface area contributed by atoms with Crippen LogP contribution in [0, 0.1) is 12.8 Å². The second-order valence-electron chi connectivity index (χ2n) is 6.81.